The number of halogens is 1. The van der Waals surface area contributed by atoms with Gasteiger partial charge in [0.1, 0.15) is 0 Å². The fourth-order valence-electron chi connectivity index (χ4n) is 3.21. The number of hydrogen-bond acceptors (Lipinski definition) is 2. The number of likely N-dealkylation sites (tertiary alicyclic amines) is 1. The minimum Gasteiger partial charge on any atom is -0.357 e. The molecule has 1 saturated heterocycles. The predicted octanol–water partition coefficient (Wildman–Crippen LogP) is 2.92. The van der Waals surface area contributed by atoms with Gasteiger partial charge in [-0.1, -0.05) is 0 Å². The molecule has 0 bridgehead atoms. The molecule has 2 rings (SSSR count). The fraction of sp³-hybridized carbons (Fsp3) is 0.722. The highest BCUT2D eigenvalue weighted by Crippen LogP contribution is 2.19. The van der Waals surface area contributed by atoms with Gasteiger partial charge in [0, 0.05) is 43.5 Å². The zero-order valence-corrected chi connectivity index (χ0v) is 17.1. The maximum Gasteiger partial charge on any atom is 0.194 e. The molecular weight excluding hydrogens is 366 g/mol. The lowest BCUT2D eigenvalue weighted by Gasteiger charge is -2.28. The standard InChI is InChI=1S/C18H32BrN5/c1-5-20-18(21-9-6-15-7-10-22(2)11-8-15)24(4)14-17-12-16(19)13-23(17)3/h12-13,15H,5-11,14H2,1-4H3,(H,20,21). The summed E-state index contributed by atoms with van der Waals surface area (Å²) < 4.78 is 3.28. The van der Waals surface area contributed by atoms with Gasteiger partial charge in [-0.15, -0.1) is 0 Å². The Morgan fingerprint density at radius 1 is 1.38 bits per heavy atom. The molecule has 0 aliphatic carbocycles. The van der Waals surface area contributed by atoms with Crippen LogP contribution in [0.15, 0.2) is 21.7 Å². The molecule has 5 nitrogen and oxygen atoms in total. The Morgan fingerprint density at radius 3 is 2.67 bits per heavy atom. The van der Waals surface area contributed by atoms with Crippen LogP contribution in [0, 0.1) is 5.92 Å². The minimum absolute atomic E-state index is 0.835. The van der Waals surface area contributed by atoms with Gasteiger partial charge >= 0.3 is 0 Å². The van der Waals surface area contributed by atoms with Crippen LogP contribution in [0.2, 0.25) is 0 Å². The van der Waals surface area contributed by atoms with E-state index in [-0.39, 0.29) is 0 Å². The van der Waals surface area contributed by atoms with E-state index in [1.54, 1.807) is 0 Å². The van der Waals surface area contributed by atoms with E-state index in [2.05, 4.69) is 75.9 Å². The number of aryl methyl sites for hydroxylation is 1. The molecule has 1 aromatic heterocycles. The average molecular weight is 398 g/mol. The van der Waals surface area contributed by atoms with Gasteiger partial charge in [0.2, 0.25) is 0 Å². The lowest BCUT2D eigenvalue weighted by Crippen LogP contribution is -2.39. The number of piperidine rings is 1. The molecule has 1 N–H and O–H groups in total. The molecular formula is C18H32BrN5. The third-order valence-corrected chi connectivity index (χ3v) is 5.24. The van der Waals surface area contributed by atoms with Crippen molar-refractivity contribution in [2.45, 2.75) is 32.7 Å². The molecule has 1 fully saturated rings. The summed E-state index contributed by atoms with van der Waals surface area (Å²) in [6.45, 7) is 7.25. The molecule has 136 valence electrons. The van der Waals surface area contributed by atoms with Crippen molar-refractivity contribution in [1.82, 2.24) is 19.7 Å². The van der Waals surface area contributed by atoms with Crippen molar-refractivity contribution in [2.24, 2.45) is 18.0 Å². The first-order valence-electron chi connectivity index (χ1n) is 8.98. The average Bonchev–Trinajstić information content (AvgIpc) is 2.86. The van der Waals surface area contributed by atoms with Crippen molar-refractivity contribution in [3.63, 3.8) is 0 Å². The SMILES string of the molecule is CCNC(=NCCC1CCN(C)CC1)N(C)Cc1cc(Br)cn1C. The minimum atomic E-state index is 0.835. The molecule has 0 aromatic carbocycles. The van der Waals surface area contributed by atoms with Gasteiger partial charge in [0.05, 0.1) is 6.54 Å². The Balaban J connectivity index is 1.88. The van der Waals surface area contributed by atoms with Crippen LogP contribution in [-0.2, 0) is 13.6 Å². The van der Waals surface area contributed by atoms with E-state index in [9.17, 15) is 0 Å². The molecule has 1 aromatic rings. The highest BCUT2D eigenvalue weighted by atomic mass is 79.9. The number of guanidine groups is 1. The summed E-state index contributed by atoms with van der Waals surface area (Å²) in [5.74, 6) is 1.84. The number of nitrogens with one attached hydrogen (secondary N) is 1. The zero-order valence-electron chi connectivity index (χ0n) is 15.6. The van der Waals surface area contributed by atoms with Gasteiger partial charge in [-0.3, -0.25) is 4.99 Å². The fourth-order valence-corrected chi connectivity index (χ4v) is 3.79. The third kappa shape index (κ3) is 5.81. The van der Waals surface area contributed by atoms with Crippen LogP contribution in [0.4, 0.5) is 0 Å². The molecule has 1 aliphatic heterocycles. The monoisotopic (exact) mass is 397 g/mol. The summed E-state index contributed by atoms with van der Waals surface area (Å²) in [5, 5.41) is 3.42. The van der Waals surface area contributed by atoms with Crippen LogP contribution in [0.1, 0.15) is 31.9 Å². The number of rotatable bonds is 6. The highest BCUT2D eigenvalue weighted by molar-refractivity contribution is 9.10. The van der Waals surface area contributed by atoms with Gasteiger partial charge in [0.15, 0.2) is 5.96 Å². The summed E-state index contributed by atoms with van der Waals surface area (Å²) in [6.07, 6.45) is 5.92. The molecule has 24 heavy (non-hydrogen) atoms. The molecule has 6 heteroatoms. The predicted molar refractivity (Wildman–Crippen MR) is 105 cm³/mol. The summed E-state index contributed by atoms with van der Waals surface area (Å²) in [4.78, 5) is 9.49. The molecule has 2 heterocycles. The Kier molecular flexibility index (Phi) is 7.62. The van der Waals surface area contributed by atoms with Crippen molar-refractivity contribution in [1.29, 1.82) is 0 Å². The summed E-state index contributed by atoms with van der Waals surface area (Å²) in [7, 11) is 6.41. The summed E-state index contributed by atoms with van der Waals surface area (Å²) in [6, 6.07) is 2.17. The molecule has 0 amide bonds. The maximum atomic E-state index is 4.86. The number of nitrogens with zero attached hydrogens (tertiary/aromatic N) is 4. The highest BCUT2D eigenvalue weighted by Gasteiger charge is 2.16. The molecule has 1 aliphatic rings. The largest absolute Gasteiger partial charge is 0.357 e. The quantitative estimate of drug-likeness (QED) is 0.591. The third-order valence-electron chi connectivity index (χ3n) is 4.81. The Hall–Kier alpha value is -1.01. The Bertz CT molecular complexity index is 532. The van der Waals surface area contributed by atoms with E-state index in [1.165, 1.54) is 38.0 Å². The summed E-state index contributed by atoms with van der Waals surface area (Å²) in [5.41, 5.74) is 1.27. The number of aromatic nitrogens is 1. The Labute approximate surface area is 155 Å². The lowest BCUT2D eigenvalue weighted by atomic mass is 9.94. The van der Waals surface area contributed by atoms with Crippen LogP contribution in [-0.4, -0.2) is 60.6 Å². The van der Waals surface area contributed by atoms with E-state index in [1.807, 2.05) is 0 Å². The van der Waals surface area contributed by atoms with Crippen LogP contribution in [0.3, 0.4) is 0 Å². The zero-order chi connectivity index (χ0) is 17.5. The van der Waals surface area contributed by atoms with Crippen molar-refractivity contribution in [3.8, 4) is 0 Å². The second kappa shape index (κ2) is 9.47. The van der Waals surface area contributed by atoms with E-state index in [0.717, 1.165) is 36.0 Å². The Morgan fingerprint density at radius 2 is 2.08 bits per heavy atom. The first-order valence-corrected chi connectivity index (χ1v) is 9.77. The van der Waals surface area contributed by atoms with E-state index in [4.69, 9.17) is 4.99 Å². The van der Waals surface area contributed by atoms with Crippen LogP contribution in [0.5, 0.6) is 0 Å². The molecule has 0 atom stereocenters. The molecule has 0 radical (unpaired) electrons. The normalized spacial score (nSPS) is 17.3. The van der Waals surface area contributed by atoms with Crippen molar-refractivity contribution >= 4 is 21.9 Å². The van der Waals surface area contributed by atoms with E-state index in [0.29, 0.717) is 0 Å². The van der Waals surface area contributed by atoms with Gasteiger partial charge in [-0.25, -0.2) is 0 Å². The number of aliphatic imine (C=N–C) groups is 1. The van der Waals surface area contributed by atoms with Gasteiger partial charge in [0.25, 0.3) is 0 Å². The van der Waals surface area contributed by atoms with Crippen LogP contribution < -0.4 is 5.32 Å². The topological polar surface area (TPSA) is 35.8 Å². The van der Waals surface area contributed by atoms with Crippen molar-refractivity contribution < 1.29 is 0 Å². The second-order valence-corrected chi connectivity index (χ2v) is 7.80. The molecule has 0 saturated carbocycles. The van der Waals surface area contributed by atoms with Crippen molar-refractivity contribution in [2.75, 3.05) is 40.3 Å². The van der Waals surface area contributed by atoms with Gasteiger partial charge in [-0.2, -0.15) is 0 Å². The molecule has 0 spiro atoms. The van der Waals surface area contributed by atoms with E-state index < -0.39 is 0 Å². The smallest absolute Gasteiger partial charge is 0.194 e. The first kappa shape index (κ1) is 19.3. The van der Waals surface area contributed by atoms with Crippen LogP contribution in [0.25, 0.3) is 0 Å². The van der Waals surface area contributed by atoms with Crippen LogP contribution >= 0.6 is 15.9 Å². The second-order valence-electron chi connectivity index (χ2n) is 6.89. The van der Waals surface area contributed by atoms with Gasteiger partial charge < -0.3 is 19.7 Å². The van der Waals surface area contributed by atoms with Crippen molar-refractivity contribution in [3.05, 3.63) is 22.4 Å². The first-order chi connectivity index (χ1) is 11.5. The molecule has 0 unspecified atom stereocenters. The van der Waals surface area contributed by atoms with E-state index >= 15 is 0 Å². The maximum absolute atomic E-state index is 4.86. The summed E-state index contributed by atoms with van der Waals surface area (Å²) >= 11 is 3.54. The lowest BCUT2D eigenvalue weighted by molar-refractivity contribution is 0.214. The number of hydrogen-bond donors (Lipinski definition) is 1. The van der Waals surface area contributed by atoms with Gasteiger partial charge in [-0.05, 0) is 74.2 Å².